The highest BCUT2D eigenvalue weighted by molar-refractivity contribution is 5.77. The van der Waals surface area contributed by atoms with Gasteiger partial charge in [0.15, 0.2) is 11.5 Å². The maximum Gasteiger partial charge on any atom is 0.312 e. The number of piperidine rings is 1. The van der Waals surface area contributed by atoms with E-state index in [9.17, 15) is 9.90 Å². The summed E-state index contributed by atoms with van der Waals surface area (Å²) in [7, 11) is 3.12. The van der Waals surface area contributed by atoms with Crippen molar-refractivity contribution in [1.82, 2.24) is 5.32 Å². The topological polar surface area (TPSA) is 67.8 Å². The lowest BCUT2D eigenvalue weighted by Crippen LogP contribution is -2.41. The number of rotatable bonds is 5. The van der Waals surface area contributed by atoms with Crippen LogP contribution in [0.3, 0.4) is 0 Å². The van der Waals surface area contributed by atoms with Gasteiger partial charge in [-0.15, -0.1) is 0 Å². The average Bonchev–Trinajstić information content (AvgIpc) is 2.48. The largest absolute Gasteiger partial charge is 0.493 e. The Morgan fingerprint density at radius 1 is 1.30 bits per heavy atom. The van der Waals surface area contributed by atoms with E-state index in [2.05, 4.69) is 5.32 Å². The van der Waals surface area contributed by atoms with Gasteiger partial charge >= 0.3 is 5.97 Å². The Labute approximate surface area is 118 Å². The fourth-order valence-electron chi connectivity index (χ4n) is 2.76. The van der Waals surface area contributed by atoms with E-state index in [0.717, 1.165) is 31.4 Å². The zero-order valence-corrected chi connectivity index (χ0v) is 11.9. The molecule has 1 aromatic rings. The Hall–Kier alpha value is -1.75. The van der Waals surface area contributed by atoms with Gasteiger partial charge in [-0.05, 0) is 37.1 Å². The Morgan fingerprint density at radius 3 is 2.60 bits per heavy atom. The van der Waals surface area contributed by atoms with E-state index in [0.29, 0.717) is 11.5 Å². The highest BCUT2D eigenvalue weighted by Gasteiger charge is 2.31. The van der Waals surface area contributed by atoms with E-state index in [1.807, 2.05) is 0 Å². The van der Waals surface area contributed by atoms with Gasteiger partial charge in [0.25, 0.3) is 0 Å². The molecule has 0 radical (unpaired) electrons. The van der Waals surface area contributed by atoms with E-state index >= 15 is 0 Å². The van der Waals surface area contributed by atoms with Crippen LogP contribution in [0, 0.1) is 0 Å². The molecule has 5 heteroatoms. The number of carboxylic acid groups (broad SMARTS) is 1. The van der Waals surface area contributed by atoms with Crippen molar-refractivity contribution in [2.75, 3.05) is 20.8 Å². The Kier molecular flexibility index (Phi) is 4.84. The highest BCUT2D eigenvalue weighted by Crippen LogP contribution is 2.33. The first-order valence-electron chi connectivity index (χ1n) is 6.85. The van der Waals surface area contributed by atoms with Gasteiger partial charge in [0, 0.05) is 6.04 Å². The van der Waals surface area contributed by atoms with Crippen molar-refractivity contribution in [2.45, 2.75) is 31.2 Å². The molecule has 1 saturated heterocycles. The number of hydrogen-bond donors (Lipinski definition) is 2. The third kappa shape index (κ3) is 3.04. The molecule has 0 unspecified atom stereocenters. The summed E-state index contributed by atoms with van der Waals surface area (Å²) in [6.07, 6.45) is 3.05. The van der Waals surface area contributed by atoms with Crippen molar-refractivity contribution < 1.29 is 19.4 Å². The van der Waals surface area contributed by atoms with Crippen LogP contribution in [0.25, 0.3) is 0 Å². The summed E-state index contributed by atoms with van der Waals surface area (Å²) in [5, 5.41) is 12.9. The van der Waals surface area contributed by atoms with Gasteiger partial charge in [0.05, 0.1) is 20.1 Å². The maximum atomic E-state index is 11.6. The van der Waals surface area contributed by atoms with Gasteiger partial charge in [-0.1, -0.05) is 12.5 Å². The highest BCUT2D eigenvalue weighted by atomic mass is 16.5. The van der Waals surface area contributed by atoms with Crippen LogP contribution in [0.1, 0.15) is 30.7 Å². The van der Waals surface area contributed by atoms with Crippen LogP contribution >= 0.6 is 0 Å². The second-order valence-electron chi connectivity index (χ2n) is 4.99. The molecule has 5 nitrogen and oxygen atoms in total. The van der Waals surface area contributed by atoms with Crippen LogP contribution in [-0.2, 0) is 4.79 Å². The molecule has 2 N–H and O–H groups in total. The summed E-state index contributed by atoms with van der Waals surface area (Å²) in [6.45, 7) is 0.877. The molecule has 2 rings (SSSR count). The minimum atomic E-state index is -0.809. The fourth-order valence-corrected chi connectivity index (χ4v) is 2.76. The summed E-state index contributed by atoms with van der Waals surface area (Å²) < 4.78 is 10.4. The lowest BCUT2D eigenvalue weighted by Gasteiger charge is -2.29. The summed E-state index contributed by atoms with van der Waals surface area (Å²) in [5.74, 6) is -0.198. The first-order valence-corrected chi connectivity index (χ1v) is 6.85. The molecular weight excluding hydrogens is 258 g/mol. The molecule has 2 atom stereocenters. The van der Waals surface area contributed by atoms with Crippen molar-refractivity contribution in [3.05, 3.63) is 23.8 Å². The second kappa shape index (κ2) is 6.61. The number of ether oxygens (including phenoxy) is 2. The predicted molar refractivity (Wildman–Crippen MR) is 75.6 cm³/mol. The third-order valence-corrected chi connectivity index (χ3v) is 3.78. The van der Waals surface area contributed by atoms with Gasteiger partial charge in [-0.25, -0.2) is 0 Å². The zero-order chi connectivity index (χ0) is 14.5. The van der Waals surface area contributed by atoms with Gasteiger partial charge in [-0.2, -0.15) is 0 Å². The van der Waals surface area contributed by atoms with E-state index in [1.165, 1.54) is 0 Å². The Balaban J connectivity index is 2.31. The summed E-state index contributed by atoms with van der Waals surface area (Å²) in [6, 6.07) is 5.29. The first-order chi connectivity index (χ1) is 9.67. The van der Waals surface area contributed by atoms with Crippen LogP contribution in [0.2, 0.25) is 0 Å². The fraction of sp³-hybridized carbons (Fsp3) is 0.533. The Bertz CT molecular complexity index is 469. The standard InChI is InChI=1S/C15H21NO4/c1-19-12-7-6-10(9-13(12)20-2)14(15(17)18)11-5-3-4-8-16-11/h6-7,9,11,14,16H,3-5,8H2,1-2H3,(H,17,18)/t11-,14-/m0/s1. The van der Waals surface area contributed by atoms with Crippen molar-refractivity contribution in [1.29, 1.82) is 0 Å². The van der Waals surface area contributed by atoms with Crippen molar-refractivity contribution in [3.8, 4) is 11.5 Å². The SMILES string of the molecule is COc1ccc([C@H](C(=O)O)[C@@H]2CCCCN2)cc1OC. The molecule has 110 valence electrons. The average molecular weight is 279 g/mol. The summed E-state index contributed by atoms with van der Waals surface area (Å²) in [5.41, 5.74) is 0.745. The minimum absolute atomic E-state index is 0.0284. The summed E-state index contributed by atoms with van der Waals surface area (Å²) in [4.78, 5) is 11.6. The molecule has 0 saturated carbocycles. The quantitative estimate of drug-likeness (QED) is 0.863. The molecule has 1 aromatic carbocycles. The molecule has 1 heterocycles. The normalized spacial score (nSPS) is 20.2. The van der Waals surface area contributed by atoms with Crippen LogP contribution in [0.4, 0.5) is 0 Å². The molecule has 0 aromatic heterocycles. The van der Waals surface area contributed by atoms with E-state index in [1.54, 1.807) is 32.4 Å². The zero-order valence-electron chi connectivity index (χ0n) is 11.9. The molecule has 0 spiro atoms. The minimum Gasteiger partial charge on any atom is -0.493 e. The molecule has 0 amide bonds. The number of benzene rings is 1. The van der Waals surface area contributed by atoms with E-state index in [-0.39, 0.29) is 6.04 Å². The molecule has 1 fully saturated rings. The number of carboxylic acids is 1. The van der Waals surface area contributed by atoms with Gasteiger partial charge in [-0.3, -0.25) is 4.79 Å². The first kappa shape index (κ1) is 14.7. The molecule has 20 heavy (non-hydrogen) atoms. The lowest BCUT2D eigenvalue weighted by atomic mass is 9.86. The predicted octanol–water partition coefficient (Wildman–Crippen LogP) is 2.01. The Morgan fingerprint density at radius 2 is 2.05 bits per heavy atom. The van der Waals surface area contributed by atoms with Crippen molar-refractivity contribution in [2.24, 2.45) is 0 Å². The molecule has 1 aliphatic rings. The second-order valence-corrected chi connectivity index (χ2v) is 4.99. The van der Waals surface area contributed by atoms with Gasteiger partial charge in [0.1, 0.15) is 0 Å². The number of aliphatic carboxylic acids is 1. The monoisotopic (exact) mass is 279 g/mol. The molecular formula is C15H21NO4. The van der Waals surface area contributed by atoms with Crippen LogP contribution < -0.4 is 14.8 Å². The third-order valence-electron chi connectivity index (χ3n) is 3.78. The van der Waals surface area contributed by atoms with Crippen LogP contribution in [-0.4, -0.2) is 37.9 Å². The lowest BCUT2D eigenvalue weighted by molar-refractivity contribution is -0.139. The smallest absolute Gasteiger partial charge is 0.312 e. The van der Waals surface area contributed by atoms with Crippen molar-refractivity contribution >= 4 is 5.97 Å². The number of methoxy groups -OCH3 is 2. The number of carbonyl (C=O) groups is 1. The molecule has 1 aliphatic heterocycles. The number of nitrogens with one attached hydrogen (secondary N) is 1. The van der Waals surface area contributed by atoms with Crippen molar-refractivity contribution in [3.63, 3.8) is 0 Å². The van der Waals surface area contributed by atoms with Gasteiger partial charge < -0.3 is 19.9 Å². The van der Waals surface area contributed by atoms with E-state index < -0.39 is 11.9 Å². The molecule has 0 aliphatic carbocycles. The van der Waals surface area contributed by atoms with Crippen LogP contribution in [0.5, 0.6) is 11.5 Å². The van der Waals surface area contributed by atoms with E-state index in [4.69, 9.17) is 9.47 Å². The summed E-state index contributed by atoms with van der Waals surface area (Å²) >= 11 is 0. The molecule has 0 bridgehead atoms. The van der Waals surface area contributed by atoms with Crippen LogP contribution in [0.15, 0.2) is 18.2 Å². The maximum absolute atomic E-state index is 11.6. The number of hydrogen-bond acceptors (Lipinski definition) is 4. The van der Waals surface area contributed by atoms with Gasteiger partial charge in [0.2, 0.25) is 0 Å².